The van der Waals surface area contributed by atoms with Crippen LogP contribution in [0, 0.1) is 0 Å². The maximum Gasteiger partial charge on any atom is 0.166 e. The molecule has 0 bridgehead atoms. The SMILES string of the molecule is CCC(C(N)=S)N1CCSCC1S(=O)(=O)CC. The van der Waals surface area contributed by atoms with Gasteiger partial charge in [0.2, 0.25) is 0 Å². The Labute approximate surface area is 113 Å². The summed E-state index contributed by atoms with van der Waals surface area (Å²) in [6.45, 7) is 4.42. The van der Waals surface area contributed by atoms with Crippen LogP contribution in [0.5, 0.6) is 0 Å². The van der Waals surface area contributed by atoms with Gasteiger partial charge in [-0.25, -0.2) is 8.42 Å². The average Bonchev–Trinajstić information content (AvgIpc) is 2.30. The van der Waals surface area contributed by atoms with Crippen molar-refractivity contribution in [1.29, 1.82) is 0 Å². The molecule has 2 N–H and O–H groups in total. The summed E-state index contributed by atoms with van der Waals surface area (Å²) < 4.78 is 24.1. The topological polar surface area (TPSA) is 63.4 Å². The van der Waals surface area contributed by atoms with Gasteiger partial charge < -0.3 is 5.73 Å². The van der Waals surface area contributed by atoms with E-state index in [1.807, 2.05) is 11.8 Å². The van der Waals surface area contributed by atoms with Gasteiger partial charge in [0.1, 0.15) is 5.37 Å². The van der Waals surface area contributed by atoms with Gasteiger partial charge in [-0.3, -0.25) is 4.90 Å². The van der Waals surface area contributed by atoms with E-state index in [0.29, 0.717) is 10.7 Å². The predicted octanol–water partition coefficient (Wildman–Crippen LogP) is 0.861. The number of hydrogen-bond donors (Lipinski definition) is 1. The molecule has 7 heteroatoms. The fourth-order valence-corrected chi connectivity index (χ4v) is 5.42. The summed E-state index contributed by atoms with van der Waals surface area (Å²) in [5.41, 5.74) is 5.71. The summed E-state index contributed by atoms with van der Waals surface area (Å²) >= 11 is 6.73. The molecule has 0 spiro atoms. The average molecular weight is 296 g/mol. The van der Waals surface area contributed by atoms with Gasteiger partial charge in [0, 0.05) is 23.8 Å². The molecule has 0 amide bonds. The van der Waals surface area contributed by atoms with Crippen molar-refractivity contribution in [1.82, 2.24) is 4.90 Å². The van der Waals surface area contributed by atoms with Gasteiger partial charge >= 0.3 is 0 Å². The second-order valence-corrected chi connectivity index (χ2v) is 8.11. The van der Waals surface area contributed by atoms with E-state index in [-0.39, 0.29) is 11.8 Å². The molecule has 1 rings (SSSR count). The van der Waals surface area contributed by atoms with E-state index >= 15 is 0 Å². The third-order valence-electron chi connectivity index (χ3n) is 3.06. The first kappa shape index (κ1) is 15.2. The van der Waals surface area contributed by atoms with Crippen molar-refractivity contribution in [2.24, 2.45) is 5.73 Å². The molecule has 2 atom stereocenters. The zero-order valence-electron chi connectivity index (χ0n) is 10.3. The molecule has 1 fully saturated rings. The van der Waals surface area contributed by atoms with Crippen molar-refractivity contribution in [3.8, 4) is 0 Å². The Morgan fingerprint density at radius 3 is 2.71 bits per heavy atom. The van der Waals surface area contributed by atoms with Crippen LogP contribution in [0.25, 0.3) is 0 Å². The minimum Gasteiger partial charge on any atom is -0.392 e. The first-order chi connectivity index (χ1) is 7.94. The fourth-order valence-electron chi connectivity index (χ4n) is 2.05. The van der Waals surface area contributed by atoms with Crippen LogP contribution >= 0.6 is 24.0 Å². The molecule has 2 unspecified atom stereocenters. The van der Waals surface area contributed by atoms with Crippen molar-refractivity contribution < 1.29 is 8.42 Å². The van der Waals surface area contributed by atoms with Crippen LogP contribution in [0.15, 0.2) is 0 Å². The summed E-state index contributed by atoms with van der Waals surface area (Å²) in [7, 11) is -3.07. The molecule has 100 valence electrons. The van der Waals surface area contributed by atoms with E-state index < -0.39 is 15.2 Å². The van der Waals surface area contributed by atoms with Crippen LogP contribution in [-0.4, -0.2) is 53.5 Å². The number of rotatable bonds is 5. The van der Waals surface area contributed by atoms with Gasteiger partial charge in [-0.1, -0.05) is 26.1 Å². The molecular formula is C10H20N2O2S3. The normalized spacial score (nSPS) is 24.5. The van der Waals surface area contributed by atoms with Gasteiger partial charge in [-0.2, -0.15) is 11.8 Å². The highest BCUT2D eigenvalue weighted by Crippen LogP contribution is 2.24. The number of sulfone groups is 1. The number of hydrogen-bond acceptors (Lipinski definition) is 5. The number of nitrogens with two attached hydrogens (primary N) is 1. The number of thioether (sulfide) groups is 1. The smallest absolute Gasteiger partial charge is 0.166 e. The third kappa shape index (κ3) is 3.56. The Morgan fingerprint density at radius 1 is 1.59 bits per heavy atom. The third-order valence-corrected chi connectivity index (χ3v) is 6.63. The molecule has 1 heterocycles. The molecule has 1 aliphatic heterocycles. The van der Waals surface area contributed by atoms with Crippen LogP contribution in [0.2, 0.25) is 0 Å². The monoisotopic (exact) mass is 296 g/mol. The molecule has 17 heavy (non-hydrogen) atoms. The molecule has 0 saturated carbocycles. The molecule has 0 radical (unpaired) electrons. The lowest BCUT2D eigenvalue weighted by molar-refractivity contribution is 0.234. The maximum absolute atomic E-state index is 12.1. The minimum absolute atomic E-state index is 0.0998. The Kier molecular flexibility index (Phi) is 5.69. The zero-order chi connectivity index (χ0) is 13.1. The molecule has 1 aliphatic rings. The van der Waals surface area contributed by atoms with E-state index in [1.54, 1.807) is 18.7 Å². The molecular weight excluding hydrogens is 276 g/mol. The first-order valence-corrected chi connectivity index (χ1v) is 9.06. The van der Waals surface area contributed by atoms with Crippen LogP contribution in [-0.2, 0) is 9.84 Å². The van der Waals surface area contributed by atoms with Gasteiger partial charge in [-0.15, -0.1) is 0 Å². The predicted molar refractivity (Wildman–Crippen MR) is 78.1 cm³/mol. The standard InChI is InChI=1S/C10H20N2O2S3/c1-3-8(10(11)15)12-5-6-16-7-9(12)17(13,14)4-2/h8-9H,3-7H2,1-2H3,(H2,11,15). The van der Waals surface area contributed by atoms with Crippen molar-refractivity contribution >= 4 is 38.8 Å². The van der Waals surface area contributed by atoms with Crippen molar-refractivity contribution in [3.63, 3.8) is 0 Å². The quantitative estimate of drug-likeness (QED) is 0.759. The molecule has 0 aromatic heterocycles. The van der Waals surface area contributed by atoms with Crippen molar-refractivity contribution in [2.75, 3.05) is 23.8 Å². The van der Waals surface area contributed by atoms with Crippen LogP contribution in [0.1, 0.15) is 20.3 Å². The Morgan fingerprint density at radius 2 is 2.24 bits per heavy atom. The molecule has 1 saturated heterocycles. The second kappa shape index (κ2) is 6.36. The van der Waals surface area contributed by atoms with Gasteiger partial charge in [-0.05, 0) is 6.42 Å². The minimum atomic E-state index is -3.07. The molecule has 0 aromatic carbocycles. The first-order valence-electron chi connectivity index (χ1n) is 5.78. The number of thiocarbonyl (C=S) groups is 1. The molecule has 0 aromatic rings. The van der Waals surface area contributed by atoms with Gasteiger partial charge in [0.15, 0.2) is 9.84 Å². The van der Waals surface area contributed by atoms with E-state index in [1.165, 1.54) is 0 Å². The Bertz CT molecular complexity index is 370. The van der Waals surface area contributed by atoms with Crippen molar-refractivity contribution in [3.05, 3.63) is 0 Å². The van der Waals surface area contributed by atoms with Gasteiger partial charge in [0.05, 0.1) is 11.0 Å². The maximum atomic E-state index is 12.1. The lowest BCUT2D eigenvalue weighted by Gasteiger charge is -2.39. The van der Waals surface area contributed by atoms with Crippen LogP contribution in [0.3, 0.4) is 0 Å². The van der Waals surface area contributed by atoms with E-state index in [9.17, 15) is 8.42 Å². The Hall–Kier alpha value is 0.150. The van der Waals surface area contributed by atoms with E-state index in [4.69, 9.17) is 18.0 Å². The molecule has 0 aliphatic carbocycles. The highest BCUT2D eigenvalue weighted by atomic mass is 32.2. The Balaban J connectivity index is 2.97. The highest BCUT2D eigenvalue weighted by Gasteiger charge is 2.37. The molecule has 4 nitrogen and oxygen atoms in total. The zero-order valence-corrected chi connectivity index (χ0v) is 12.7. The largest absolute Gasteiger partial charge is 0.392 e. The fraction of sp³-hybridized carbons (Fsp3) is 0.900. The summed E-state index contributed by atoms with van der Waals surface area (Å²) in [5, 5.41) is -0.433. The van der Waals surface area contributed by atoms with Crippen LogP contribution in [0.4, 0.5) is 0 Å². The summed E-state index contributed by atoms with van der Waals surface area (Å²) in [5.74, 6) is 1.73. The highest BCUT2D eigenvalue weighted by molar-refractivity contribution is 8.01. The summed E-state index contributed by atoms with van der Waals surface area (Å²) in [6.07, 6.45) is 0.760. The lowest BCUT2D eigenvalue weighted by Crippen LogP contribution is -2.55. The van der Waals surface area contributed by atoms with Crippen molar-refractivity contribution in [2.45, 2.75) is 31.7 Å². The second-order valence-electron chi connectivity index (χ2n) is 4.05. The summed E-state index contributed by atoms with van der Waals surface area (Å²) in [6, 6.07) is -0.0998. The lowest BCUT2D eigenvalue weighted by atomic mass is 10.2. The number of nitrogens with zero attached hydrogens (tertiary/aromatic N) is 1. The summed E-state index contributed by atoms with van der Waals surface area (Å²) in [4.78, 5) is 2.37. The van der Waals surface area contributed by atoms with Gasteiger partial charge in [0.25, 0.3) is 0 Å². The van der Waals surface area contributed by atoms with Crippen LogP contribution < -0.4 is 5.73 Å². The van der Waals surface area contributed by atoms with E-state index in [0.717, 1.165) is 18.7 Å². The van der Waals surface area contributed by atoms with E-state index in [2.05, 4.69) is 0 Å².